The quantitative estimate of drug-likeness (QED) is 0.679. The minimum Gasteiger partial charge on any atom is -0.493 e. The Balaban J connectivity index is 1.46. The van der Waals surface area contributed by atoms with Crippen LogP contribution >= 0.6 is 11.6 Å². The zero-order valence-electron chi connectivity index (χ0n) is 18.5. The maximum atomic E-state index is 13.0. The molecular formula is C25H30ClN3O3. The number of benzene rings is 1. The first-order valence-corrected chi connectivity index (χ1v) is 11.8. The number of hydrogen-bond acceptors (Lipinski definition) is 4. The van der Waals surface area contributed by atoms with E-state index in [1.807, 2.05) is 17.9 Å². The number of carbonyl (C=O) groups excluding carboxylic acids is 2. The smallest absolute Gasteiger partial charge is 0.255 e. The van der Waals surface area contributed by atoms with Crippen LogP contribution in [0.4, 0.5) is 0 Å². The average Bonchev–Trinajstić information content (AvgIpc) is 2.80. The van der Waals surface area contributed by atoms with Crippen molar-refractivity contribution in [2.45, 2.75) is 45.4 Å². The number of ether oxygens (including phenoxy) is 1. The van der Waals surface area contributed by atoms with Crippen LogP contribution in [-0.4, -0.2) is 47.9 Å². The Labute approximate surface area is 194 Å². The van der Waals surface area contributed by atoms with Gasteiger partial charge in [-0.3, -0.25) is 14.6 Å². The van der Waals surface area contributed by atoms with Crippen molar-refractivity contribution in [3.05, 3.63) is 58.4 Å². The molecule has 2 aliphatic heterocycles. The zero-order chi connectivity index (χ0) is 22.6. The van der Waals surface area contributed by atoms with Crippen molar-refractivity contribution in [1.29, 1.82) is 0 Å². The second kappa shape index (κ2) is 9.90. The number of aromatic nitrogens is 1. The summed E-state index contributed by atoms with van der Waals surface area (Å²) in [6, 6.07) is 7.07. The van der Waals surface area contributed by atoms with Gasteiger partial charge in [0.25, 0.3) is 11.8 Å². The maximum Gasteiger partial charge on any atom is 0.255 e. The summed E-state index contributed by atoms with van der Waals surface area (Å²) in [5.74, 6) is 0.453. The largest absolute Gasteiger partial charge is 0.493 e. The van der Waals surface area contributed by atoms with Crippen LogP contribution in [0.2, 0.25) is 5.02 Å². The van der Waals surface area contributed by atoms with Gasteiger partial charge >= 0.3 is 0 Å². The number of likely N-dealkylation sites (tertiary alicyclic amines) is 1. The molecule has 1 spiro atoms. The Bertz CT molecular complexity index is 986. The third kappa shape index (κ3) is 5.23. The van der Waals surface area contributed by atoms with Crippen molar-refractivity contribution in [3.63, 3.8) is 0 Å². The number of halogens is 1. The van der Waals surface area contributed by atoms with Gasteiger partial charge in [-0.2, -0.15) is 0 Å². The molecule has 2 amide bonds. The predicted molar refractivity (Wildman–Crippen MR) is 124 cm³/mol. The molecule has 6 nitrogen and oxygen atoms in total. The van der Waals surface area contributed by atoms with E-state index in [9.17, 15) is 9.59 Å². The van der Waals surface area contributed by atoms with E-state index < -0.39 is 0 Å². The fourth-order valence-electron chi connectivity index (χ4n) is 4.68. The third-order valence-electron chi connectivity index (χ3n) is 6.65. The molecule has 170 valence electrons. The summed E-state index contributed by atoms with van der Waals surface area (Å²) in [4.78, 5) is 32.0. The SMILES string of the molecule is Cc1cncc(C(=O)N2CCC3(CCCCCOc4ccc(Cl)cc4C(=O)NC3)CC2)c1. The van der Waals surface area contributed by atoms with E-state index in [1.54, 1.807) is 30.6 Å². The highest BCUT2D eigenvalue weighted by molar-refractivity contribution is 6.31. The highest BCUT2D eigenvalue weighted by Gasteiger charge is 2.36. The molecule has 0 radical (unpaired) electrons. The summed E-state index contributed by atoms with van der Waals surface area (Å²) in [5, 5.41) is 3.65. The molecule has 2 aliphatic rings. The molecule has 4 rings (SSSR count). The number of hydrogen-bond donors (Lipinski definition) is 1. The standard InChI is InChI=1S/C25H30ClN3O3/c1-18-13-19(16-27-15-18)24(31)29-10-8-25(9-11-29)7-3-2-4-12-32-22-6-5-20(26)14-21(22)23(30)28-17-25/h5-6,13-16H,2-4,7-12,17H2,1H3,(H,28,30). The van der Waals surface area contributed by atoms with Crippen molar-refractivity contribution in [2.75, 3.05) is 26.2 Å². The third-order valence-corrected chi connectivity index (χ3v) is 6.89. The van der Waals surface area contributed by atoms with Gasteiger partial charge in [0.2, 0.25) is 0 Å². The van der Waals surface area contributed by atoms with Gasteiger partial charge in [0, 0.05) is 37.1 Å². The van der Waals surface area contributed by atoms with Crippen LogP contribution in [-0.2, 0) is 0 Å². The number of aryl methyl sites for hydroxylation is 1. The molecule has 0 aliphatic carbocycles. The van der Waals surface area contributed by atoms with Gasteiger partial charge in [0.15, 0.2) is 0 Å². The van der Waals surface area contributed by atoms with E-state index in [-0.39, 0.29) is 17.2 Å². The molecule has 1 aromatic carbocycles. The number of piperidine rings is 1. The molecule has 1 N–H and O–H groups in total. The molecule has 3 heterocycles. The number of pyridine rings is 1. The molecule has 1 aromatic heterocycles. The van der Waals surface area contributed by atoms with E-state index in [4.69, 9.17) is 16.3 Å². The highest BCUT2D eigenvalue weighted by atomic mass is 35.5. The maximum absolute atomic E-state index is 13.0. The molecule has 7 heteroatoms. The first-order chi connectivity index (χ1) is 15.5. The summed E-state index contributed by atoms with van der Waals surface area (Å²) >= 11 is 6.14. The number of fused-ring (bicyclic) bond motifs is 1. The lowest BCUT2D eigenvalue weighted by molar-refractivity contribution is 0.0533. The molecule has 32 heavy (non-hydrogen) atoms. The first kappa shape index (κ1) is 22.6. The Morgan fingerprint density at radius 1 is 1.12 bits per heavy atom. The molecular weight excluding hydrogens is 426 g/mol. The zero-order valence-corrected chi connectivity index (χ0v) is 19.3. The van der Waals surface area contributed by atoms with Crippen molar-refractivity contribution >= 4 is 23.4 Å². The van der Waals surface area contributed by atoms with Crippen molar-refractivity contribution in [3.8, 4) is 5.75 Å². The average molecular weight is 456 g/mol. The van der Waals surface area contributed by atoms with E-state index >= 15 is 0 Å². The van der Waals surface area contributed by atoms with Crippen LogP contribution < -0.4 is 10.1 Å². The summed E-state index contributed by atoms with van der Waals surface area (Å²) in [6.07, 6.45) is 9.29. The van der Waals surface area contributed by atoms with Gasteiger partial charge in [-0.25, -0.2) is 0 Å². The van der Waals surface area contributed by atoms with Gasteiger partial charge in [-0.1, -0.05) is 24.4 Å². The van der Waals surface area contributed by atoms with Crippen LogP contribution in [0.3, 0.4) is 0 Å². The van der Waals surface area contributed by atoms with Crippen LogP contribution in [0.5, 0.6) is 5.75 Å². The lowest BCUT2D eigenvalue weighted by atomic mass is 9.74. The van der Waals surface area contributed by atoms with Gasteiger partial charge in [-0.15, -0.1) is 0 Å². The van der Waals surface area contributed by atoms with Crippen LogP contribution in [0.25, 0.3) is 0 Å². The predicted octanol–water partition coefficient (Wildman–Crippen LogP) is 4.65. The van der Waals surface area contributed by atoms with Crippen LogP contribution in [0.15, 0.2) is 36.7 Å². The van der Waals surface area contributed by atoms with Gasteiger partial charge in [0.1, 0.15) is 5.75 Å². The fraction of sp³-hybridized carbons (Fsp3) is 0.480. The highest BCUT2D eigenvalue weighted by Crippen LogP contribution is 2.37. The molecule has 0 unspecified atom stereocenters. The van der Waals surface area contributed by atoms with Crippen LogP contribution in [0, 0.1) is 12.3 Å². The van der Waals surface area contributed by atoms with E-state index in [1.165, 1.54) is 0 Å². The summed E-state index contributed by atoms with van der Waals surface area (Å²) in [7, 11) is 0. The Morgan fingerprint density at radius 3 is 2.72 bits per heavy atom. The van der Waals surface area contributed by atoms with Gasteiger partial charge < -0.3 is 15.0 Å². The molecule has 1 saturated heterocycles. The Kier molecular flexibility index (Phi) is 6.99. The van der Waals surface area contributed by atoms with E-state index in [0.717, 1.165) is 44.1 Å². The van der Waals surface area contributed by atoms with Crippen LogP contribution in [0.1, 0.15) is 64.8 Å². The normalized spacial score (nSPS) is 19.2. The second-order valence-electron chi connectivity index (χ2n) is 9.03. The Morgan fingerprint density at radius 2 is 1.94 bits per heavy atom. The minimum absolute atomic E-state index is 0.00388. The molecule has 0 atom stereocenters. The van der Waals surface area contributed by atoms with E-state index in [2.05, 4.69) is 10.3 Å². The number of nitrogens with zero attached hydrogens (tertiary/aromatic N) is 2. The number of amides is 2. The first-order valence-electron chi connectivity index (χ1n) is 11.4. The lowest BCUT2D eigenvalue weighted by Crippen LogP contribution is -2.48. The monoisotopic (exact) mass is 455 g/mol. The topological polar surface area (TPSA) is 71.5 Å². The Hall–Kier alpha value is -2.60. The van der Waals surface area contributed by atoms with Gasteiger partial charge in [0.05, 0.1) is 17.7 Å². The molecule has 2 aromatic rings. The summed E-state index contributed by atoms with van der Waals surface area (Å²) < 4.78 is 5.84. The molecule has 0 bridgehead atoms. The number of rotatable bonds is 1. The van der Waals surface area contributed by atoms with E-state index in [0.29, 0.717) is 48.1 Å². The summed E-state index contributed by atoms with van der Waals surface area (Å²) in [5.41, 5.74) is 2.10. The number of carbonyl (C=O) groups is 2. The fourth-order valence-corrected chi connectivity index (χ4v) is 4.86. The van der Waals surface area contributed by atoms with Crippen molar-refractivity contribution in [1.82, 2.24) is 15.2 Å². The summed E-state index contributed by atoms with van der Waals surface area (Å²) in [6.45, 7) is 4.49. The van der Waals surface area contributed by atoms with Gasteiger partial charge in [-0.05, 0) is 67.9 Å². The number of nitrogens with one attached hydrogen (secondary N) is 1. The van der Waals surface area contributed by atoms with Crippen molar-refractivity contribution in [2.24, 2.45) is 5.41 Å². The molecule has 0 saturated carbocycles. The molecule has 1 fully saturated rings. The van der Waals surface area contributed by atoms with Crippen molar-refractivity contribution < 1.29 is 14.3 Å². The second-order valence-corrected chi connectivity index (χ2v) is 9.46. The minimum atomic E-state index is -0.160. The lowest BCUT2D eigenvalue weighted by Gasteiger charge is -2.42.